The highest BCUT2D eigenvalue weighted by atomic mass is 35.5. The summed E-state index contributed by atoms with van der Waals surface area (Å²) in [5, 5.41) is 13.1. The molecule has 1 aromatic heterocycles. The number of methoxy groups -OCH3 is 1. The second kappa shape index (κ2) is 38.7. The molecular weight excluding hydrogens is 985 g/mol. The highest BCUT2D eigenvalue weighted by molar-refractivity contribution is 8.01. The first-order valence-corrected chi connectivity index (χ1v) is 29.3. The Morgan fingerprint density at radius 3 is 2.25 bits per heavy atom. The van der Waals surface area contributed by atoms with Gasteiger partial charge in [-0.1, -0.05) is 110 Å². The molecule has 0 radical (unpaired) electrons. The monoisotopic (exact) mass is 1070 g/mol. The zero-order valence-electron chi connectivity index (χ0n) is 45.4. The van der Waals surface area contributed by atoms with Gasteiger partial charge in [0.25, 0.3) is 0 Å². The zero-order valence-corrected chi connectivity index (χ0v) is 47.9. The summed E-state index contributed by atoms with van der Waals surface area (Å²) in [7, 11) is 1.46. The van der Waals surface area contributed by atoms with Crippen LogP contribution in [-0.2, 0) is 18.9 Å². The number of aromatic nitrogens is 1. The van der Waals surface area contributed by atoms with Crippen LogP contribution in [0.4, 0.5) is 13.6 Å². The van der Waals surface area contributed by atoms with Gasteiger partial charge >= 0.3 is 6.09 Å². The van der Waals surface area contributed by atoms with Crippen molar-refractivity contribution in [3.05, 3.63) is 69.1 Å². The molecule has 2 heterocycles. The molecule has 6 N–H and O–H groups in total. The number of hydrogen-bond acceptors (Lipinski definition) is 10. The number of amides is 3. The normalized spacial score (nSPS) is 19.0. The third-order valence-electron chi connectivity index (χ3n) is 12.0. The first-order chi connectivity index (χ1) is 34.5. The van der Waals surface area contributed by atoms with Crippen molar-refractivity contribution in [2.45, 2.75) is 169 Å². The summed E-state index contributed by atoms with van der Waals surface area (Å²) >= 11 is 7.82. The van der Waals surface area contributed by atoms with E-state index >= 15 is 0 Å². The number of hydrogen-bond donors (Lipinski definition) is 6. The van der Waals surface area contributed by atoms with Gasteiger partial charge < -0.3 is 45.5 Å². The highest BCUT2D eigenvalue weighted by Crippen LogP contribution is 2.70. The van der Waals surface area contributed by atoms with Gasteiger partial charge in [0.1, 0.15) is 41.4 Å². The van der Waals surface area contributed by atoms with Crippen LogP contribution in [0.15, 0.2) is 53.0 Å². The van der Waals surface area contributed by atoms with Crippen molar-refractivity contribution in [1.29, 1.82) is 0 Å². The molecule has 3 fully saturated rings. The fourth-order valence-electron chi connectivity index (χ4n) is 7.95. The molecule has 19 heteroatoms. The number of nitrogens with one attached hydrogen (secondary N) is 5. The quantitative estimate of drug-likeness (QED) is 0.0396. The van der Waals surface area contributed by atoms with E-state index in [0.29, 0.717) is 65.5 Å². The van der Waals surface area contributed by atoms with Crippen LogP contribution in [0.25, 0.3) is 16.6 Å². The van der Waals surface area contributed by atoms with Crippen molar-refractivity contribution in [1.82, 2.24) is 31.2 Å². The summed E-state index contributed by atoms with van der Waals surface area (Å²) in [6.07, 6.45) is 17.2. The van der Waals surface area contributed by atoms with Gasteiger partial charge in [-0.25, -0.2) is 13.6 Å². The van der Waals surface area contributed by atoms with Crippen LogP contribution in [0, 0.1) is 5.92 Å². The van der Waals surface area contributed by atoms with Gasteiger partial charge in [0, 0.05) is 37.2 Å². The van der Waals surface area contributed by atoms with E-state index in [9.17, 15) is 37.4 Å². The lowest BCUT2D eigenvalue weighted by molar-refractivity contribution is -0.138. The molecule has 0 bridgehead atoms. The maximum atomic E-state index is 13.4. The molecule has 2 saturated carbocycles. The highest BCUT2D eigenvalue weighted by Gasteiger charge is 2.65. The van der Waals surface area contributed by atoms with E-state index in [1.807, 2.05) is 46.4 Å². The third kappa shape index (κ3) is 23.1. The number of H-pyrrole nitrogens is 1. The van der Waals surface area contributed by atoms with Gasteiger partial charge in [-0.2, -0.15) is 0 Å². The van der Waals surface area contributed by atoms with Crippen LogP contribution in [-0.4, -0.2) is 110 Å². The van der Waals surface area contributed by atoms with Crippen molar-refractivity contribution < 1.29 is 42.1 Å². The van der Waals surface area contributed by atoms with Gasteiger partial charge in [0.2, 0.25) is 19.2 Å². The molecule has 1 aliphatic heterocycles. The van der Waals surface area contributed by atoms with E-state index < -0.39 is 30.7 Å². The molecule has 4 atom stereocenters. The predicted octanol–water partition coefficient (Wildman–Crippen LogP) is 12.3. The molecule has 3 aliphatic rings. The maximum Gasteiger partial charge on any atom is 0.407 e. The van der Waals surface area contributed by atoms with Crippen molar-refractivity contribution in [2.75, 3.05) is 53.4 Å². The predicted molar refractivity (Wildman–Crippen MR) is 298 cm³/mol. The van der Waals surface area contributed by atoms with Crippen molar-refractivity contribution in [3.63, 3.8) is 0 Å². The Morgan fingerprint density at radius 2 is 1.71 bits per heavy atom. The zero-order chi connectivity index (χ0) is 54.7. The SMILES string of the molecule is C/C=C\CF.CC.CC.CCCCCCCC1C[C@]1(NC(=O)C1CCCN1C(=O)CNC(=O)OC1CCCC1)P(=O)(O)CC/C=C/F.CN/C(=C\SC)c1cc(=O)c2ccc(OC)c(Cl)c2[nH]1.CNC(C)C. The topological polar surface area (TPSA) is 191 Å². The Morgan fingerprint density at radius 1 is 1.06 bits per heavy atom. The van der Waals surface area contributed by atoms with Gasteiger partial charge in [-0.15, -0.1) is 11.8 Å². The Balaban J connectivity index is 0.00000123. The largest absolute Gasteiger partial charge is 0.495 e. The fourth-order valence-corrected chi connectivity index (χ4v) is 11.1. The lowest BCUT2D eigenvalue weighted by atomic mass is 10.1. The summed E-state index contributed by atoms with van der Waals surface area (Å²) in [6.45, 7) is 15.9. The number of nitrogens with zero attached hydrogens (tertiary/aromatic N) is 1. The summed E-state index contributed by atoms with van der Waals surface area (Å²) < 4.78 is 47.3. The number of fused-ring (bicyclic) bond motifs is 1. The third-order valence-corrected chi connectivity index (χ3v) is 15.7. The number of ether oxygens (including phenoxy) is 2. The number of aromatic amines is 1. The van der Waals surface area contributed by atoms with Crippen LogP contribution in [0.3, 0.4) is 0 Å². The fraction of sp³-hybridized carbons (Fsp3) is 0.660. The molecule has 3 unspecified atom stereocenters. The van der Waals surface area contributed by atoms with Gasteiger partial charge in [-0.05, 0) is 101 Å². The van der Waals surface area contributed by atoms with Crippen LogP contribution >= 0.6 is 30.7 Å². The van der Waals surface area contributed by atoms with E-state index in [1.165, 1.54) is 17.1 Å². The molecule has 1 aromatic carbocycles. The number of benzene rings is 1. The number of allylic oxidation sites excluding steroid dienone is 3. The van der Waals surface area contributed by atoms with E-state index in [2.05, 4.69) is 47.0 Å². The Bertz CT molecular complexity index is 2070. The second-order valence-electron chi connectivity index (χ2n) is 17.2. The van der Waals surface area contributed by atoms with E-state index in [4.69, 9.17) is 21.1 Å². The number of likely N-dealkylation sites (tertiary alicyclic amines) is 1. The van der Waals surface area contributed by atoms with E-state index in [-0.39, 0.29) is 49.2 Å². The van der Waals surface area contributed by atoms with E-state index in [0.717, 1.165) is 69.9 Å². The second-order valence-corrected chi connectivity index (χ2v) is 21.0. The van der Waals surface area contributed by atoms with Crippen LogP contribution in [0.1, 0.15) is 151 Å². The molecule has 5 rings (SSSR count). The van der Waals surface area contributed by atoms with Gasteiger partial charge in [0.05, 0.1) is 30.3 Å². The number of alkyl halides is 1. The molecule has 14 nitrogen and oxygen atoms in total. The average molecular weight is 1080 g/mol. The molecule has 72 heavy (non-hydrogen) atoms. The number of alkyl carbamates (subject to hydrolysis) is 1. The number of rotatable bonds is 21. The average Bonchev–Trinajstić information content (AvgIpc) is 3.66. The number of halogens is 3. The molecule has 0 spiro atoms. The van der Waals surface area contributed by atoms with Crippen LogP contribution < -0.4 is 31.4 Å². The maximum absolute atomic E-state index is 13.4. The minimum absolute atomic E-state index is 0.0828. The summed E-state index contributed by atoms with van der Waals surface area (Å²) in [5.74, 6) is -0.403. The van der Waals surface area contributed by atoms with Crippen LogP contribution in [0.5, 0.6) is 5.75 Å². The minimum atomic E-state index is -3.84. The molecular formula is C53H90ClF2N6O8PS. The Labute approximate surface area is 439 Å². The smallest absolute Gasteiger partial charge is 0.407 e. The summed E-state index contributed by atoms with van der Waals surface area (Å²) in [6, 6.07) is 4.83. The Hall–Kier alpha value is -3.89. The summed E-state index contributed by atoms with van der Waals surface area (Å²) in [4.78, 5) is 66.2. The molecule has 3 amide bonds. The number of thioether (sulfide) groups is 1. The van der Waals surface area contributed by atoms with Crippen molar-refractivity contribution >= 4 is 65.2 Å². The van der Waals surface area contributed by atoms with Crippen LogP contribution in [0.2, 0.25) is 5.02 Å². The van der Waals surface area contributed by atoms with E-state index in [1.54, 1.807) is 57.1 Å². The van der Waals surface area contributed by atoms with Gasteiger partial charge in [0.15, 0.2) is 5.43 Å². The lowest BCUT2D eigenvalue weighted by Crippen LogP contribution is -2.52. The first kappa shape index (κ1) is 68.1. The molecule has 1 saturated heterocycles. The number of unbranched alkanes of at least 4 members (excludes halogenated alkanes) is 4. The Kier molecular flexibility index (Phi) is 36.6. The lowest BCUT2D eigenvalue weighted by Gasteiger charge is -2.30. The number of carbonyl (C=O) groups is 3. The number of pyridine rings is 1. The standard InChI is InChI=1S/C27H45FN3O6P.C14H15ClN2O2S.C4H7F.C4H11N.2C2H6/c1-2-3-4-5-6-12-21-19-27(21,38(35,36)18-10-9-16-28)30-25(33)23-15-11-17-31(23)24(32)20-29-26(34)37-22-13-7-8-14-22;1-16-10(7-20-3)9-6-11(18)8-4-5-12(19-2)13(15)14(8)17-9;1-2-3-4-5;1-4(2)5-3;2*1-2/h9,16,21-23H,2-8,10-15,17-20H2,1H3,(H,29,34)(H,30,33)(H,35,36);4-7,16H,1-3H3,(H,17,18);2-3H,4H2,1H3;4-5H,1-3H3;2*1-2H3/b16-9+;10-7-;3-2-;;;/t21?,23?,27-;;;;;/m0...../s1. The first-order valence-electron chi connectivity index (χ1n) is 25.8. The minimum Gasteiger partial charge on any atom is -0.495 e. The molecule has 2 aromatic rings. The molecule has 412 valence electrons. The number of carbonyl (C=O) groups excluding carboxylic acids is 3. The van der Waals surface area contributed by atoms with Crippen molar-refractivity contribution in [3.8, 4) is 5.75 Å². The van der Waals surface area contributed by atoms with Gasteiger partial charge in [-0.3, -0.25) is 18.9 Å². The van der Waals surface area contributed by atoms with Crippen molar-refractivity contribution in [2.24, 2.45) is 5.92 Å². The summed E-state index contributed by atoms with van der Waals surface area (Å²) in [5.41, 5.74) is 2.02. The molecule has 2 aliphatic carbocycles.